The zero-order valence-electron chi connectivity index (χ0n) is 17.0. The van der Waals surface area contributed by atoms with Gasteiger partial charge in [0.05, 0.1) is 13.0 Å². The smallest absolute Gasteiger partial charge is 0.328 e. The first kappa shape index (κ1) is 23.4. The van der Waals surface area contributed by atoms with E-state index in [4.69, 9.17) is 4.74 Å². The molecule has 0 spiro atoms. The molecular formula is C22H37NO4. The van der Waals surface area contributed by atoms with Crippen LogP contribution in [0.3, 0.4) is 0 Å². The van der Waals surface area contributed by atoms with Gasteiger partial charge < -0.3 is 10.1 Å². The van der Waals surface area contributed by atoms with E-state index in [1.54, 1.807) is 0 Å². The number of ketones is 1. The molecule has 0 aromatic rings. The summed E-state index contributed by atoms with van der Waals surface area (Å²) in [7, 11) is 0. The minimum atomic E-state index is -0.573. The summed E-state index contributed by atoms with van der Waals surface area (Å²) in [5.41, 5.74) is 0. The van der Waals surface area contributed by atoms with Crippen LogP contribution in [0, 0.1) is 0 Å². The highest BCUT2D eigenvalue weighted by molar-refractivity contribution is 5.99. The molecule has 0 aliphatic carbocycles. The van der Waals surface area contributed by atoms with Crippen LogP contribution in [0.5, 0.6) is 0 Å². The molecule has 154 valence electrons. The van der Waals surface area contributed by atoms with Crippen LogP contribution < -0.4 is 5.32 Å². The van der Waals surface area contributed by atoms with Crippen LogP contribution in [0.15, 0.2) is 12.2 Å². The van der Waals surface area contributed by atoms with Crippen LogP contribution in [0.2, 0.25) is 0 Å². The third-order valence-corrected chi connectivity index (χ3v) is 4.85. The molecule has 5 heteroatoms. The number of unbranched alkanes of at least 4 members (excludes halogenated alkanes) is 9. The van der Waals surface area contributed by atoms with Gasteiger partial charge in [0.1, 0.15) is 11.8 Å². The summed E-state index contributed by atoms with van der Waals surface area (Å²) in [6.07, 6.45) is 18.5. The molecule has 1 saturated heterocycles. The van der Waals surface area contributed by atoms with E-state index in [2.05, 4.69) is 24.4 Å². The molecule has 1 atom stereocenters. The van der Waals surface area contributed by atoms with Crippen LogP contribution >= 0.6 is 0 Å². The lowest BCUT2D eigenvalue weighted by Crippen LogP contribution is -2.38. The summed E-state index contributed by atoms with van der Waals surface area (Å²) in [6, 6.07) is -0.573. The zero-order chi connectivity index (χ0) is 19.7. The third-order valence-electron chi connectivity index (χ3n) is 4.85. The number of hydrogen-bond acceptors (Lipinski definition) is 4. The van der Waals surface area contributed by atoms with Crippen molar-refractivity contribution >= 4 is 17.7 Å². The molecule has 27 heavy (non-hydrogen) atoms. The molecule has 1 amide bonds. The molecule has 5 nitrogen and oxygen atoms in total. The van der Waals surface area contributed by atoms with Crippen molar-refractivity contribution < 1.29 is 19.1 Å². The first-order valence-corrected chi connectivity index (χ1v) is 10.8. The van der Waals surface area contributed by atoms with Crippen LogP contribution in [0.4, 0.5) is 0 Å². The van der Waals surface area contributed by atoms with Gasteiger partial charge in [0.2, 0.25) is 5.91 Å². The number of nitrogens with one attached hydrogen (secondary N) is 1. The van der Waals surface area contributed by atoms with Gasteiger partial charge in [-0.3, -0.25) is 9.59 Å². The monoisotopic (exact) mass is 379 g/mol. The van der Waals surface area contributed by atoms with Gasteiger partial charge in [0.15, 0.2) is 0 Å². The first-order valence-electron chi connectivity index (χ1n) is 10.8. The van der Waals surface area contributed by atoms with E-state index in [1.807, 2.05) is 0 Å². The fraction of sp³-hybridized carbons (Fsp3) is 0.773. The Morgan fingerprint density at radius 2 is 1.63 bits per heavy atom. The van der Waals surface area contributed by atoms with Gasteiger partial charge in [-0.2, -0.15) is 0 Å². The van der Waals surface area contributed by atoms with Gasteiger partial charge in [0, 0.05) is 12.8 Å². The predicted molar refractivity (Wildman–Crippen MR) is 107 cm³/mol. The summed E-state index contributed by atoms with van der Waals surface area (Å²) >= 11 is 0. The Labute approximate surface area is 164 Å². The second-order valence-corrected chi connectivity index (χ2v) is 7.42. The van der Waals surface area contributed by atoms with E-state index in [0.717, 1.165) is 25.7 Å². The van der Waals surface area contributed by atoms with Crippen molar-refractivity contribution in [3.63, 3.8) is 0 Å². The summed E-state index contributed by atoms with van der Waals surface area (Å²) in [6.45, 7) is 2.57. The largest absolute Gasteiger partial charge is 0.464 e. The minimum absolute atomic E-state index is 0.0510. The normalized spacial score (nSPS) is 16.6. The average molecular weight is 380 g/mol. The van der Waals surface area contributed by atoms with Crippen LogP contribution in [0.1, 0.15) is 96.8 Å². The Kier molecular flexibility index (Phi) is 13.4. The SMILES string of the molecule is CCCCCC/C=C\CCCCCCCC(=O)CC(=O)N[C@H]1CCOC1=O. The van der Waals surface area contributed by atoms with Crippen molar-refractivity contribution in [2.75, 3.05) is 6.61 Å². The lowest BCUT2D eigenvalue weighted by molar-refractivity contribution is -0.142. The quantitative estimate of drug-likeness (QED) is 0.184. The number of carbonyl (C=O) groups is 3. The lowest BCUT2D eigenvalue weighted by atomic mass is 10.1. The molecule has 0 saturated carbocycles. The number of allylic oxidation sites excluding steroid dienone is 2. The third kappa shape index (κ3) is 12.4. The molecule has 1 aliphatic rings. The summed E-state index contributed by atoms with van der Waals surface area (Å²) in [4.78, 5) is 34.8. The van der Waals surface area contributed by atoms with Gasteiger partial charge in [-0.1, -0.05) is 57.6 Å². The second kappa shape index (κ2) is 15.4. The molecule has 1 N–H and O–H groups in total. The highest BCUT2D eigenvalue weighted by atomic mass is 16.5. The van der Waals surface area contributed by atoms with Crippen molar-refractivity contribution in [1.29, 1.82) is 0 Å². The molecule has 0 unspecified atom stereocenters. The van der Waals surface area contributed by atoms with Crippen LogP contribution in [-0.2, 0) is 19.1 Å². The lowest BCUT2D eigenvalue weighted by Gasteiger charge is -2.08. The second-order valence-electron chi connectivity index (χ2n) is 7.42. The zero-order valence-corrected chi connectivity index (χ0v) is 17.0. The van der Waals surface area contributed by atoms with E-state index < -0.39 is 12.0 Å². The molecule has 0 aromatic heterocycles. The maximum atomic E-state index is 11.8. The van der Waals surface area contributed by atoms with Crippen LogP contribution in [-0.4, -0.2) is 30.3 Å². The number of cyclic esters (lactones) is 1. The molecule has 0 aromatic carbocycles. The maximum absolute atomic E-state index is 11.8. The van der Waals surface area contributed by atoms with Crippen molar-refractivity contribution in [2.45, 2.75) is 103 Å². The number of hydrogen-bond donors (Lipinski definition) is 1. The van der Waals surface area contributed by atoms with Gasteiger partial charge in [-0.15, -0.1) is 0 Å². The predicted octanol–water partition coefficient (Wildman–Crippen LogP) is 4.63. The van der Waals surface area contributed by atoms with E-state index >= 15 is 0 Å². The van der Waals surface area contributed by atoms with E-state index in [1.165, 1.54) is 44.9 Å². The summed E-state index contributed by atoms with van der Waals surface area (Å²) in [5.74, 6) is -0.822. The molecule has 1 heterocycles. The fourth-order valence-electron chi connectivity index (χ4n) is 3.18. The van der Waals surface area contributed by atoms with Crippen molar-refractivity contribution in [2.24, 2.45) is 0 Å². The van der Waals surface area contributed by atoms with Crippen molar-refractivity contribution in [1.82, 2.24) is 5.32 Å². The molecule has 1 aliphatic heterocycles. The Morgan fingerprint density at radius 1 is 1.00 bits per heavy atom. The van der Waals surface area contributed by atoms with Crippen LogP contribution in [0.25, 0.3) is 0 Å². The van der Waals surface area contributed by atoms with E-state index in [-0.39, 0.29) is 18.1 Å². The van der Waals surface area contributed by atoms with Gasteiger partial charge in [-0.05, 0) is 32.1 Å². The Morgan fingerprint density at radius 3 is 2.26 bits per heavy atom. The number of amides is 1. The Hall–Kier alpha value is -1.65. The highest BCUT2D eigenvalue weighted by Gasteiger charge is 2.28. The summed E-state index contributed by atoms with van der Waals surface area (Å²) < 4.78 is 4.78. The molecule has 1 fully saturated rings. The van der Waals surface area contributed by atoms with Gasteiger partial charge >= 0.3 is 5.97 Å². The van der Waals surface area contributed by atoms with Gasteiger partial charge in [0.25, 0.3) is 0 Å². The molecule has 1 rings (SSSR count). The number of Topliss-reactive ketones (excluding diaryl/α,β-unsaturated/α-hetero) is 1. The highest BCUT2D eigenvalue weighted by Crippen LogP contribution is 2.10. The standard InChI is InChI=1S/C22H37NO4/c1-2-3-4-5-6-7-8-9-10-11-12-13-14-15-19(24)18-21(25)23-20-16-17-27-22(20)26/h7-8,20H,2-6,9-18H2,1H3,(H,23,25)/b8-7-/t20-/m0/s1. The molecular weight excluding hydrogens is 342 g/mol. The Balaban J connectivity index is 1.89. The number of ether oxygens (including phenoxy) is 1. The van der Waals surface area contributed by atoms with E-state index in [9.17, 15) is 14.4 Å². The average Bonchev–Trinajstić information content (AvgIpc) is 3.03. The van der Waals surface area contributed by atoms with E-state index in [0.29, 0.717) is 19.4 Å². The van der Waals surface area contributed by atoms with Crippen molar-refractivity contribution in [3.8, 4) is 0 Å². The van der Waals surface area contributed by atoms with Gasteiger partial charge in [-0.25, -0.2) is 4.79 Å². The molecule has 0 radical (unpaired) electrons. The topological polar surface area (TPSA) is 72.5 Å². The fourth-order valence-corrected chi connectivity index (χ4v) is 3.18. The summed E-state index contributed by atoms with van der Waals surface area (Å²) in [5, 5.41) is 2.57. The molecule has 0 bridgehead atoms. The number of rotatable bonds is 16. The number of carbonyl (C=O) groups excluding carboxylic acids is 3. The Bertz CT molecular complexity index is 473. The first-order chi connectivity index (χ1) is 13.1. The maximum Gasteiger partial charge on any atom is 0.328 e. The van der Waals surface area contributed by atoms with Crippen molar-refractivity contribution in [3.05, 3.63) is 12.2 Å². The minimum Gasteiger partial charge on any atom is -0.464 e. The number of esters is 1.